The summed E-state index contributed by atoms with van der Waals surface area (Å²) in [4.78, 5) is 37.1. The molecule has 0 spiro atoms. The summed E-state index contributed by atoms with van der Waals surface area (Å²) in [6, 6.07) is 8.81. The Morgan fingerprint density at radius 2 is 1.68 bits per heavy atom. The largest absolute Gasteiger partial charge is 0.331 e. The molecule has 2 rings (SSSR count). The molecule has 1 aliphatic rings. The fraction of sp³-hybridized carbons (Fsp3) is 0.235. The first-order valence-electron chi connectivity index (χ1n) is 6.94. The Balaban J connectivity index is 2.27. The summed E-state index contributed by atoms with van der Waals surface area (Å²) in [7, 11) is 0. The minimum atomic E-state index is -0.704. The smallest absolute Gasteiger partial charge is 0.273 e. The summed E-state index contributed by atoms with van der Waals surface area (Å²) in [6.45, 7) is 5.20. The lowest BCUT2D eigenvalue weighted by Crippen LogP contribution is -2.60. The predicted octanol–water partition coefficient (Wildman–Crippen LogP) is 2.50. The van der Waals surface area contributed by atoms with E-state index in [4.69, 9.17) is 0 Å². The molecule has 5 heteroatoms. The Morgan fingerprint density at radius 3 is 2.27 bits per heavy atom. The van der Waals surface area contributed by atoms with Gasteiger partial charge in [-0.3, -0.25) is 19.8 Å². The highest BCUT2D eigenvalue weighted by molar-refractivity contribution is 6.29. The van der Waals surface area contributed by atoms with Gasteiger partial charge in [-0.05, 0) is 32.4 Å². The van der Waals surface area contributed by atoms with Crippen LogP contribution in [0.15, 0.2) is 48.1 Å². The summed E-state index contributed by atoms with van der Waals surface area (Å²) in [6.07, 6.45) is 4.83. The Bertz CT molecular complexity index is 667. The monoisotopic (exact) mass is 298 g/mol. The topological polar surface area (TPSA) is 66.5 Å². The third-order valence-corrected chi connectivity index (χ3v) is 3.12. The van der Waals surface area contributed by atoms with Crippen LogP contribution in [0.3, 0.4) is 0 Å². The molecule has 1 aromatic rings. The van der Waals surface area contributed by atoms with Gasteiger partial charge < -0.3 is 0 Å². The number of hydrogen-bond acceptors (Lipinski definition) is 3. The van der Waals surface area contributed by atoms with Crippen LogP contribution in [0.25, 0.3) is 6.08 Å². The Labute approximate surface area is 129 Å². The number of allylic oxidation sites excluding steroid dienone is 2. The number of urea groups is 1. The van der Waals surface area contributed by atoms with Crippen LogP contribution in [0.5, 0.6) is 0 Å². The minimum Gasteiger partial charge on any atom is -0.273 e. The maximum Gasteiger partial charge on any atom is 0.331 e. The first-order valence-corrected chi connectivity index (χ1v) is 6.94. The molecular weight excluding hydrogens is 280 g/mol. The minimum absolute atomic E-state index is 0.0540. The number of hydrogen-bond donors (Lipinski definition) is 1. The average Bonchev–Trinajstić information content (AvgIpc) is 2.41. The van der Waals surface area contributed by atoms with Crippen molar-refractivity contribution < 1.29 is 14.4 Å². The highest BCUT2D eigenvalue weighted by Gasteiger charge is 2.41. The third-order valence-electron chi connectivity index (χ3n) is 3.12. The van der Waals surface area contributed by atoms with Crippen molar-refractivity contribution in [1.82, 2.24) is 10.2 Å². The number of barbiturate groups is 1. The van der Waals surface area contributed by atoms with Crippen LogP contribution < -0.4 is 5.32 Å². The molecule has 0 saturated carbocycles. The number of nitrogens with one attached hydrogen (secondary N) is 1. The van der Waals surface area contributed by atoms with Crippen LogP contribution in [0.2, 0.25) is 0 Å². The first-order chi connectivity index (χ1) is 10.3. The molecule has 0 unspecified atom stereocenters. The summed E-state index contributed by atoms with van der Waals surface area (Å²) in [5.41, 5.74) is 0.192. The molecule has 1 aliphatic heterocycles. The molecular formula is C17H18N2O3. The maximum absolute atomic E-state index is 12.4. The van der Waals surface area contributed by atoms with E-state index in [1.807, 2.05) is 30.3 Å². The lowest BCUT2D eigenvalue weighted by Gasteiger charge is -2.36. The van der Waals surface area contributed by atoms with Gasteiger partial charge in [0, 0.05) is 5.54 Å². The zero-order valence-corrected chi connectivity index (χ0v) is 12.8. The van der Waals surface area contributed by atoms with Crippen LogP contribution in [0.1, 0.15) is 26.3 Å². The molecule has 0 atom stereocenters. The second-order valence-electron chi connectivity index (χ2n) is 5.92. The van der Waals surface area contributed by atoms with E-state index in [9.17, 15) is 14.4 Å². The number of benzene rings is 1. The maximum atomic E-state index is 12.4. The van der Waals surface area contributed by atoms with Crippen molar-refractivity contribution in [3.8, 4) is 0 Å². The molecule has 114 valence electrons. The zero-order chi connectivity index (χ0) is 16.3. The zero-order valence-electron chi connectivity index (χ0n) is 12.8. The molecule has 1 N–H and O–H groups in total. The SMILES string of the molecule is CC(C)(C)N1C(=O)NC(=O)C(=CC=Cc2ccccc2)C1=O. The summed E-state index contributed by atoms with van der Waals surface area (Å²) >= 11 is 0. The molecule has 1 fully saturated rings. The molecule has 1 aromatic carbocycles. The van der Waals surface area contributed by atoms with Crippen LogP contribution in [0.4, 0.5) is 4.79 Å². The molecule has 22 heavy (non-hydrogen) atoms. The van der Waals surface area contributed by atoms with Crippen LogP contribution in [-0.4, -0.2) is 28.3 Å². The van der Waals surface area contributed by atoms with Crippen LogP contribution >= 0.6 is 0 Å². The van der Waals surface area contributed by atoms with E-state index >= 15 is 0 Å². The Kier molecular flexibility index (Phi) is 4.26. The van der Waals surface area contributed by atoms with Gasteiger partial charge in [-0.15, -0.1) is 0 Å². The van der Waals surface area contributed by atoms with E-state index < -0.39 is 23.4 Å². The number of amides is 4. The normalized spacial score (nSPS) is 18.2. The van der Waals surface area contributed by atoms with Crippen molar-refractivity contribution in [1.29, 1.82) is 0 Å². The van der Waals surface area contributed by atoms with E-state index in [-0.39, 0.29) is 5.57 Å². The molecule has 0 aliphatic carbocycles. The molecule has 0 radical (unpaired) electrons. The molecule has 1 saturated heterocycles. The fourth-order valence-corrected chi connectivity index (χ4v) is 2.11. The van der Waals surface area contributed by atoms with Crippen molar-refractivity contribution in [2.75, 3.05) is 0 Å². The highest BCUT2D eigenvalue weighted by atomic mass is 16.2. The molecule has 4 amide bonds. The lowest BCUT2D eigenvalue weighted by molar-refractivity contribution is -0.133. The Hall–Kier alpha value is -2.69. The summed E-state index contributed by atoms with van der Waals surface area (Å²) in [5, 5.41) is 2.19. The average molecular weight is 298 g/mol. The number of rotatable bonds is 2. The molecule has 5 nitrogen and oxygen atoms in total. The number of carbonyl (C=O) groups excluding carboxylic acids is 3. The number of imide groups is 2. The van der Waals surface area contributed by atoms with Crippen molar-refractivity contribution in [3.63, 3.8) is 0 Å². The van der Waals surface area contributed by atoms with Gasteiger partial charge in [-0.25, -0.2) is 4.79 Å². The van der Waals surface area contributed by atoms with E-state index in [1.54, 1.807) is 32.9 Å². The van der Waals surface area contributed by atoms with E-state index in [2.05, 4.69) is 5.32 Å². The highest BCUT2D eigenvalue weighted by Crippen LogP contribution is 2.20. The second kappa shape index (κ2) is 5.97. The van der Waals surface area contributed by atoms with Gasteiger partial charge in [0.15, 0.2) is 0 Å². The quantitative estimate of drug-likeness (QED) is 0.674. The van der Waals surface area contributed by atoms with Gasteiger partial charge in [0.25, 0.3) is 11.8 Å². The molecule has 1 heterocycles. The van der Waals surface area contributed by atoms with Gasteiger partial charge in [-0.2, -0.15) is 0 Å². The van der Waals surface area contributed by atoms with Gasteiger partial charge in [-0.1, -0.05) is 42.5 Å². The van der Waals surface area contributed by atoms with E-state index in [1.165, 1.54) is 6.08 Å². The number of nitrogens with zero attached hydrogens (tertiary/aromatic N) is 1. The predicted molar refractivity (Wildman–Crippen MR) is 83.7 cm³/mol. The standard InChI is InChI=1S/C17H18N2O3/c1-17(2,3)19-15(21)13(14(20)18-16(19)22)11-7-10-12-8-5-4-6-9-12/h4-11H,1-3H3,(H,18,20,22). The van der Waals surface area contributed by atoms with Crippen molar-refractivity contribution >= 4 is 23.9 Å². The van der Waals surface area contributed by atoms with E-state index in [0.717, 1.165) is 10.5 Å². The van der Waals surface area contributed by atoms with Crippen LogP contribution in [0, 0.1) is 0 Å². The van der Waals surface area contributed by atoms with Gasteiger partial charge >= 0.3 is 6.03 Å². The third kappa shape index (κ3) is 3.31. The summed E-state index contributed by atoms with van der Waals surface area (Å²) < 4.78 is 0. The second-order valence-corrected chi connectivity index (χ2v) is 5.92. The Morgan fingerprint density at radius 1 is 1.05 bits per heavy atom. The molecule has 0 aromatic heterocycles. The van der Waals surface area contributed by atoms with Crippen molar-refractivity contribution in [2.24, 2.45) is 0 Å². The van der Waals surface area contributed by atoms with Crippen LogP contribution in [-0.2, 0) is 9.59 Å². The first kappa shape index (κ1) is 15.7. The number of carbonyl (C=O) groups is 3. The van der Waals surface area contributed by atoms with E-state index in [0.29, 0.717) is 0 Å². The van der Waals surface area contributed by atoms with Gasteiger partial charge in [0.1, 0.15) is 5.57 Å². The van der Waals surface area contributed by atoms with Crippen molar-refractivity contribution in [2.45, 2.75) is 26.3 Å². The van der Waals surface area contributed by atoms with Crippen molar-refractivity contribution in [3.05, 3.63) is 53.6 Å². The summed E-state index contributed by atoms with van der Waals surface area (Å²) in [5.74, 6) is -1.26. The van der Waals surface area contributed by atoms with Gasteiger partial charge in [0.05, 0.1) is 0 Å². The molecule has 0 bridgehead atoms. The lowest BCUT2D eigenvalue weighted by atomic mass is 10.0. The fourth-order valence-electron chi connectivity index (χ4n) is 2.11. The van der Waals surface area contributed by atoms with Gasteiger partial charge in [0.2, 0.25) is 0 Å².